The summed E-state index contributed by atoms with van der Waals surface area (Å²) in [6, 6.07) is 14.0. The molecule has 1 nitrogen and oxygen atoms in total. The van der Waals surface area contributed by atoms with Gasteiger partial charge in [0, 0.05) is 10.9 Å². The van der Waals surface area contributed by atoms with E-state index in [1.807, 2.05) is 30.3 Å². The smallest absolute Gasteiger partial charge is 0.150 e. The lowest BCUT2D eigenvalue weighted by Crippen LogP contribution is -1.93. The van der Waals surface area contributed by atoms with Crippen LogP contribution in [0.3, 0.4) is 0 Å². The van der Waals surface area contributed by atoms with Gasteiger partial charge >= 0.3 is 0 Å². The summed E-state index contributed by atoms with van der Waals surface area (Å²) in [6.45, 7) is 4.42. The van der Waals surface area contributed by atoms with Gasteiger partial charge in [0.15, 0.2) is 0 Å². The van der Waals surface area contributed by atoms with Crippen molar-refractivity contribution in [2.24, 2.45) is 0 Å². The average Bonchev–Trinajstić information content (AvgIpc) is 2.49. The number of halogens is 2. The molecule has 0 bridgehead atoms. The van der Waals surface area contributed by atoms with Crippen LogP contribution in [0.2, 0.25) is 5.02 Å². The molecule has 0 saturated heterocycles. The van der Waals surface area contributed by atoms with Crippen LogP contribution in [0.15, 0.2) is 42.5 Å². The summed E-state index contributed by atoms with van der Waals surface area (Å²) in [5.74, 6) is 2.11. The first-order valence-electron chi connectivity index (χ1n) is 6.76. The average molecular weight is 354 g/mol. The van der Waals surface area contributed by atoms with Gasteiger partial charge in [0.2, 0.25) is 0 Å². The van der Waals surface area contributed by atoms with E-state index in [1.54, 1.807) is 0 Å². The zero-order valence-corrected chi connectivity index (χ0v) is 14.0. The van der Waals surface area contributed by atoms with E-state index in [-0.39, 0.29) is 0 Å². The summed E-state index contributed by atoms with van der Waals surface area (Å²) >= 11 is 9.67. The lowest BCUT2D eigenvalue weighted by molar-refractivity contribution is 0.478. The summed E-state index contributed by atoms with van der Waals surface area (Å²) < 4.78 is 5.94. The maximum atomic E-state index is 6.22. The molecule has 2 aromatic carbocycles. The van der Waals surface area contributed by atoms with Gasteiger partial charge in [0.05, 0.1) is 5.02 Å². The second kappa shape index (κ2) is 7.14. The summed E-state index contributed by atoms with van der Waals surface area (Å²) in [7, 11) is 0. The predicted molar refractivity (Wildman–Crippen MR) is 89.3 cm³/mol. The third-order valence-corrected chi connectivity index (χ3v) is 4.38. The predicted octanol–water partition coefficient (Wildman–Crippen LogP) is 6.54. The van der Waals surface area contributed by atoms with Crippen LogP contribution in [-0.4, -0.2) is 0 Å². The number of hydrogen-bond acceptors (Lipinski definition) is 1. The third-order valence-electron chi connectivity index (χ3n) is 3.47. The second-order valence-corrected chi connectivity index (χ2v) is 5.81. The molecule has 2 aromatic rings. The Hall–Kier alpha value is -0.990. The minimum atomic E-state index is 0.572. The monoisotopic (exact) mass is 352 g/mol. The highest BCUT2D eigenvalue weighted by Crippen LogP contribution is 2.34. The molecule has 0 saturated carbocycles. The standard InChI is InChI=1S/C17H18BrClO/c1-3-12(2)13-7-9-15(10-8-13)20-17-14(11-18)5-4-6-16(17)19/h4-10,12H,3,11H2,1-2H3. The zero-order valence-electron chi connectivity index (χ0n) is 11.7. The molecule has 3 heteroatoms. The van der Waals surface area contributed by atoms with E-state index < -0.39 is 0 Å². The number of hydrogen-bond donors (Lipinski definition) is 0. The molecule has 1 unspecified atom stereocenters. The largest absolute Gasteiger partial charge is 0.455 e. The quantitative estimate of drug-likeness (QED) is 0.554. The molecule has 2 rings (SSSR count). The molecule has 0 aliphatic rings. The summed E-state index contributed by atoms with van der Waals surface area (Å²) in [5, 5.41) is 1.35. The number of rotatable bonds is 5. The van der Waals surface area contributed by atoms with Crippen molar-refractivity contribution < 1.29 is 4.74 Å². The summed E-state index contributed by atoms with van der Waals surface area (Å²) in [4.78, 5) is 0. The molecule has 0 N–H and O–H groups in total. The van der Waals surface area contributed by atoms with Crippen molar-refractivity contribution in [3.8, 4) is 11.5 Å². The SMILES string of the molecule is CCC(C)c1ccc(Oc2c(Cl)cccc2CBr)cc1. The van der Waals surface area contributed by atoms with Crippen molar-refractivity contribution in [1.29, 1.82) is 0 Å². The molecule has 0 heterocycles. The van der Waals surface area contributed by atoms with E-state index >= 15 is 0 Å². The van der Waals surface area contributed by atoms with Gasteiger partial charge in [-0.25, -0.2) is 0 Å². The van der Waals surface area contributed by atoms with Gasteiger partial charge in [-0.1, -0.05) is 65.6 Å². The second-order valence-electron chi connectivity index (χ2n) is 4.84. The number of para-hydroxylation sites is 1. The van der Waals surface area contributed by atoms with Crippen LogP contribution in [0.4, 0.5) is 0 Å². The van der Waals surface area contributed by atoms with Gasteiger partial charge in [-0.05, 0) is 36.1 Å². The molecule has 0 spiro atoms. The van der Waals surface area contributed by atoms with E-state index in [1.165, 1.54) is 5.56 Å². The maximum absolute atomic E-state index is 6.22. The highest BCUT2D eigenvalue weighted by atomic mass is 79.9. The molecule has 1 atom stereocenters. The van der Waals surface area contributed by atoms with Crippen molar-refractivity contribution in [2.45, 2.75) is 31.5 Å². The van der Waals surface area contributed by atoms with Crippen LogP contribution in [-0.2, 0) is 5.33 Å². The zero-order chi connectivity index (χ0) is 14.5. The molecule has 106 valence electrons. The Balaban J connectivity index is 2.22. The highest BCUT2D eigenvalue weighted by Gasteiger charge is 2.09. The molecular weight excluding hydrogens is 336 g/mol. The lowest BCUT2D eigenvalue weighted by Gasteiger charge is -2.13. The number of alkyl halides is 1. The molecule has 0 aliphatic heterocycles. The van der Waals surface area contributed by atoms with E-state index in [4.69, 9.17) is 16.3 Å². The summed E-state index contributed by atoms with van der Waals surface area (Å²) in [6.07, 6.45) is 1.14. The van der Waals surface area contributed by atoms with Gasteiger partial charge < -0.3 is 4.74 Å². The first-order valence-corrected chi connectivity index (χ1v) is 8.26. The number of ether oxygens (including phenoxy) is 1. The first-order chi connectivity index (χ1) is 9.65. The van der Waals surface area contributed by atoms with Crippen molar-refractivity contribution in [3.05, 3.63) is 58.6 Å². The molecule has 0 fully saturated rings. The number of benzene rings is 2. The normalized spacial score (nSPS) is 12.2. The van der Waals surface area contributed by atoms with Gasteiger partial charge in [0.25, 0.3) is 0 Å². The van der Waals surface area contributed by atoms with Crippen LogP contribution in [0.25, 0.3) is 0 Å². The van der Waals surface area contributed by atoms with Crippen molar-refractivity contribution in [1.82, 2.24) is 0 Å². The Morgan fingerprint density at radius 1 is 1.15 bits per heavy atom. The maximum Gasteiger partial charge on any atom is 0.150 e. The van der Waals surface area contributed by atoms with Crippen LogP contribution >= 0.6 is 27.5 Å². The van der Waals surface area contributed by atoms with Gasteiger partial charge in [0.1, 0.15) is 11.5 Å². The molecule has 0 aliphatic carbocycles. The van der Waals surface area contributed by atoms with E-state index in [9.17, 15) is 0 Å². The van der Waals surface area contributed by atoms with Crippen molar-refractivity contribution >= 4 is 27.5 Å². The van der Waals surface area contributed by atoms with Gasteiger partial charge in [-0.2, -0.15) is 0 Å². The molecule has 0 aromatic heterocycles. The molecule has 20 heavy (non-hydrogen) atoms. The van der Waals surface area contributed by atoms with Crippen molar-refractivity contribution in [3.63, 3.8) is 0 Å². The van der Waals surface area contributed by atoms with Crippen LogP contribution in [0.5, 0.6) is 11.5 Å². The third kappa shape index (κ3) is 3.56. The Labute approximate surface area is 134 Å². The van der Waals surface area contributed by atoms with E-state index in [0.29, 0.717) is 16.3 Å². The summed E-state index contributed by atoms with van der Waals surface area (Å²) in [5.41, 5.74) is 2.38. The minimum Gasteiger partial charge on any atom is -0.455 e. The Bertz CT molecular complexity index is 566. The Morgan fingerprint density at radius 2 is 1.85 bits per heavy atom. The van der Waals surface area contributed by atoms with Crippen molar-refractivity contribution in [2.75, 3.05) is 0 Å². The molecule has 0 amide bonds. The lowest BCUT2D eigenvalue weighted by atomic mass is 9.99. The minimum absolute atomic E-state index is 0.572. The fraction of sp³-hybridized carbons (Fsp3) is 0.294. The Morgan fingerprint density at radius 3 is 2.45 bits per heavy atom. The first kappa shape index (κ1) is 15.4. The van der Waals surface area contributed by atoms with E-state index in [0.717, 1.165) is 23.5 Å². The fourth-order valence-electron chi connectivity index (χ4n) is 1.99. The van der Waals surface area contributed by atoms with Crippen LogP contribution in [0, 0.1) is 0 Å². The van der Waals surface area contributed by atoms with Crippen LogP contribution < -0.4 is 4.74 Å². The topological polar surface area (TPSA) is 9.23 Å². The Kier molecular flexibility index (Phi) is 5.50. The van der Waals surface area contributed by atoms with Gasteiger partial charge in [-0.3, -0.25) is 0 Å². The van der Waals surface area contributed by atoms with Crippen LogP contribution in [0.1, 0.15) is 37.3 Å². The van der Waals surface area contributed by atoms with E-state index in [2.05, 4.69) is 41.9 Å². The highest BCUT2D eigenvalue weighted by molar-refractivity contribution is 9.08. The molecular formula is C17H18BrClO. The fourth-order valence-corrected chi connectivity index (χ4v) is 2.67. The molecule has 0 radical (unpaired) electrons. The van der Waals surface area contributed by atoms with Gasteiger partial charge in [-0.15, -0.1) is 0 Å².